The molecule has 0 amide bonds. The molecule has 2 aromatic heterocycles. The van der Waals surface area contributed by atoms with Crippen LogP contribution in [0, 0.1) is 17.1 Å². The molecule has 2 aromatic rings. The van der Waals surface area contributed by atoms with E-state index < -0.39 is 11.4 Å². The number of pyridine rings is 1. The van der Waals surface area contributed by atoms with Crippen LogP contribution in [0.25, 0.3) is 11.5 Å². The van der Waals surface area contributed by atoms with Gasteiger partial charge in [-0.05, 0) is 12.1 Å². The highest BCUT2D eigenvalue weighted by Gasteiger charge is 2.05. The summed E-state index contributed by atoms with van der Waals surface area (Å²) in [5, 5.41) is 8.54. The van der Waals surface area contributed by atoms with Gasteiger partial charge in [0.1, 0.15) is 23.1 Å². The molecule has 0 spiro atoms. The van der Waals surface area contributed by atoms with E-state index in [0.29, 0.717) is 5.69 Å². The van der Waals surface area contributed by atoms with Crippen LogP contribution in [0.1, 0.15) is 5.56 Å². The normalized spacial score (nSPS) is 9.75. The second-order valence-electron chi connectivity index (χ2n) is 2.95. The molecule has 0 bridgehead atoms. The van der Waals surface area contributed by atoms with E-state index in [-0.39, 0.29) is 11.4 Å². The molecule has 0 aromatic carbocycles. The molecule has 0 atom stereocenters. The molecular weight excluding hydrogens is 211 g/mol. The molecule has 2 rings (SSSR count). The number of hydrogen-bond acceptors (Lipinski definition) is 4. The maximum atomic E-state index is 12.6. The Morgan fingerprint density at radius 1 is 1.31 bits per heavy atom. The predicted molar refractivity (Wildman–Crippen MR) is 52.8 cm³/mol. The number of aromatic amines is 1. The minimum atomic E-state index is -0.543. The Morgan fingerprint density at radius 2 is 2.12 bits per heavy atom. The van der Waals surface area contributed by atoms with Gasteiger partial charge in [-0.1, -0.05) is 0 Å². The lowest BCUT2D eigenvalue weighted by Crippen LogP contribution is -2.12. The maximum Gasteiger partial charge on any atom is 0.269 e. The van der Waals surface area contributed by atoms with Crippen molar-refractivity contribution < 1.29 is 4.39 Å². The average molecular weight is 216 g/mol. The van der Waals surface area contributed by atoms with E-state index in [1.165, 1.54) is 12.1 Å². The fourth-order valence-corrected chi connectivity index (χ4v) is 1.12. The SMILES string of the molecule is N#Cc1cnc(-c2ccc(F)cn2)[nH]c1=O. The summed E-state index contributed by atoms with van der Waals surface area (Å²) in [5.41, 5.74) is -0.285. The van der Waals surface area contributed by atoms with Crippen LogP contribution in [-0.2, 0) is 0 Å². The van der Waals surface area contributed by atoms with Gasteiger partial charge in [0.2, 0.25) is 0 Å². The van der Waals surface area contributed by atoms with Crippen LogP contribution in [0.5, 0.6) is 0 Å². The summed E-state index contributed by atoms with van der Waals surface area (Å²) in [5.74, 6) is -0.274. The van der Waals surface area contributed by atoms with Gasteiger partial charge in [-0.15, -0.1) is 0 Å². The van der Waals surface area contributed by atoms with Gasteiger partial charge in [0.15, 0.2) is 5.82 Å². The number of nitriles is 1. The molecule has 5 nitrogen and oxygen atoms in total. The number of aromatic nitrogens is 3. The van der Waals surface area contributed by atoms with Crippen LogP contribution < -0.4 is 5.56 Å². The molecule has 0 aliphatic rings. The summed E-state index contributed by atoms with van der Waals surface area (Å²) in [7, 11) is 0. The first-order valence-electron chi connectivity index (χ1n) is 4.32. The van der Waals surface area contributed by atoms with Gasteiger partial charge >= 0.3 is 0 Å². The van der Waals surface area contributed by atoms with Crippen molar-refractivity contribution in [3.63, 3.8) is 0 Å². The van der Waals surface area contributed by atoms with Gasteiger partial charge in [0.05, 0.1) is 12.4 Å². The molecule has 0 saturated heterocycles. The Morgan fingerprint density at radius 3 is 2.69 bits per heavy atom. The summed E-state index contributed by atoms with van der Waals surface area (Å²) < 4.78 is 12.6. The number of nitrogens with one attached hydrogen (secondary N) is 1. The van der Waals surface area contributed by atoms with Crippen molar-refractivity contribution in [2.45, 2.75) is 0 Å². The summed E-state index contributed by atoms with van der Waals surface area (Å²) in [6.07, 6.45) is 2.17. The third-order valence-electron chi connectivity index (χ3n) is 1.89. The minimum Gasteiger partial charge on any atom is -0.304 e. The third-order valence-corrected chi connectivity index (χ3v) is 1.89. The quantitative estimate of drug-likeness (QED) is 0.765. The summed E-state index contributed by atoms with van der Waals surface area (Å²) in [4.78, 5) is 21.3. The Labute approximate surface area is 89.2 Å². The summed E-state index contributed by atoms with van der Waals surface area (Å²) in [6.45, 7) is 0. The van der Waals surface area contributed by atoms with Gasteiger partial charge in [-0.3, -0.25) is 4.79 Å². The van der Waals surface area contributed by atoms with E-state index >= 15 is 0 Å². The smallest absolute Gasteiger partial charge is 0.269 e. The highest BCUT2D eigenvalue weighted by Crippen LogP contribution is 2.09. The fraction of sp³-hybridized carbons (Fsp3) is 0. The molecule has 2 heterocycles. The second kappa shape index (κ2) is 3.90. The van der Waals surface area contributed by atoms with Gasteiger partial charge in [0.25, 0.3) is 5.56 Å². The largest absolute Gasteiger partial charge is 0.304 e. The molecule has 0 saturated carbocycles. The van der Waals surface area contributed by atoms with Crippen molar-refractivity contribution in [3.8, 4) is 17.6 Å². The molecule has 0 unspecified atom stereocenters. The van der Waals surface area contributed by atoms with Crippen LogP contribution in [0.3, 0.4) is 0 Å². The lowest BCUT2D eigenvalue weighted by molar-refractivity contribution is 0.621. The van der Waals surface area contributed by atoms with E-state index in [9.17, 15) is 9.18 Å². The molecule has 0 aliphatic carbocycles. The molecule has 78 valence electrons. The zero-order valence-electron chi connectivity index (χ0n) is 7.94. The van der Waals surface area contributed by atoms with Crippen molar-refractivity contribution >= 4 is 0 Å². The summed E-state index contributed by atoms with van der Waals surface area (Å²) in [6, 6.07) is 4.29. The van der Waals surface area contributed by atoms with E-state index in [0.717, 1.165) is 12.4 Å². The van der Waals surface area contributed by atoms with Gasteiger partial charge in [0, 0.05) is 0 Å². The Balaban J connectivity index is 2.50. The van der Waals surface area contributed by atoms with E-state index in [1.807, 2.05) is 0 Å². The maximum absolute atomic E-state index is 12.6. The highest BCUT2D eigenvalue weighted by atomic mass is 19.1. The Hall–Kier alpha value is -2.55. The van der Waals surface area contributed by atoms with Crippen molar-refractivity contribution in [2.24, 2.45) is 0 Å². The average Bonchev–Trinajstić information content (AvgIpc) is 2.30. The molecule has 0 radical (unpaired) electrons. The van der Waals surface area contributed by atoms with Crippen LogP contribution in [0.15, 0.2) is 29.3 Å². The standard InChI is InChI=1S/C10H5FN4O/c11-7-1-2-8(13-5-7)9-14-4-6(3-12)10(16)15-9/h1-2,4-5H,(H,14,15,16). The number of nitrogens with zero attached hydrogens (tertiary/aromatic N) is 3. The minimum absolute atomic E-state index is 0.0779. The van der Waals surface area contributed by atoms with E-state index in [1.54, 1.807) is 6.07 Å². The van der Waals surface area contributed by atoms with Crippen molar-refractivity contribution in [1.29, 1.82) is 5.26 Å². The van der Waals surface area contributed by atoms with Crippen LogP contribution >= 0.6 is 0 Å². The molecule has 6 heteroatoms. The molecule has 0 fully saturated rings. The van der Waals surface area contributed by atoms with Crippen LogP contribution in [0.2, 0.25) is 0 Å². The Bertz CT molecular complexity index is 612. The first kappa shape index (κ1) is 9.98. The van der Waals surface area contributed by atoms with Crippen molar-refractivity contribution in [1.82, 2.24) is 15.0 Å². The van der Waals surface area contributed by atoms with E-state index in [2.05, 4.69) is 15.0 Å². The van der Waals surface area contributed by atoms with Gasteiger partial charge in [-0.2, -0.15) is 5.26 Å². The van der Waals surface area contributed by atoms with Gasteiger partial charge < -0.3 is 4.98 Å². The highest BCUT2D eigenvalue weighted by molar-refractivity contribution is 5.48. The monoisotopic (exact) mass is 216 g/mol. The number of hydrogen-bond donors (Lipinski definition) is 1. The van der Waals surface area contributed by atoms with Crippen LogP contribution in [0.4, 0.5) is 4.39 Å². The Kier molecular flexibility index (Phi) is 2.44. The first-order chi connectivity index (χ1) is 7.70. The zero-order valence-corrected chi connectivity index (χ0v) is 7.94. The molecule has 0 aliphatic heterocycles. The predicted octanol–water partition coefficient (Wildman–Crippen LogP) is 0.843. The fourth-order valence-electron chi connectivity index (χ4n) is 1.12. The second-order valence-corrected chi connectivity index (χ2v) is 2.95. The van der Waals surface area contributed by atoms with Crippen molar-refractivity contribution in [2.75, 3.05) is 0 Å². The third kappa shape index (κ3) is 1.79. The lowest BCUT2D eigenvalue weighted by Gasteiger charge is -1.98. The first-order valence-corrected chi connectivity index (χ1v) is 4.32. The summed E-state index contributed by atoms with van der Waals surface area (Å²) >= 11 is 0. The molecular formula is C10H5FN4O. The van der Waals surface area contributed by atoms with E-state index in [4.69, 9.17) is 5.26 Å². The number of halogens is 1. The zero-order chi connectivity index (χ0) is 11.5. The number of rotatable bonds is 1. The van der Waals surface area contributed by atoms with Crippen LogP contribution in [-0.4, -0.2) is 15.0 Å². The van der Waals surface area contributed by atoms with Gasteiger partial charge in [-0.25, -0.2) is 14.4 Å². The molecule has 16 heavy (non-hydrogen) atoms. The van der Waals surface area contributed by atoms with Crippen molar-refractivity contribution in [3.05, 3.63) is 46.3 Å². The molecule has 1 N–H and O–H groups in total. The number of H-pyrrole nitrogens is 1. The topological polar surface area (TPSA) is 82.4 Å². The lowest BCUT2D eigenvalue weighted by atomic mass is 10.3.